The van der Waals surface area contributed by atoms with Crippen molar-refractivity contribution >= 4 is 11.3 Å². The molecule has 0 atom stereocenters. The van der Waals surface area contributed by atoms with Crippen molar-refractivity contribution in [3.63, 3.8) is 0 Å². The van der Waals surface area contributed by atoms with Crippen LogP contribution in [0, 0.1) is 5.92 Å². The molecule has 2 heterocycles. The average Bonchev–Trinajstić information content (AvgIpc) is 2.78. The van der Waals surface area contributed by atoms with Crippen LogP contribution < -0.4 is 10.6 Å². The first kappa shape index (κ1) is 12.1. The van der Waals surface area contributed by atoms with E-state index in [2.05, 4.69) is 29.0 Å². The second kappa shape index (κ2) is 6.38. The molecular formula is C13H22N2S. The molecule has 0 spiro atoms. The molecule has 0 radical (unpaired) electrons. The molecule has 1 aromatic rings. The average molecular weight is 238 g/mol. The topological polar surface area (TPSA) is 24.1 Å². The highest BCUT2D eigenvalue weighted by Crippen LogP contribution is 2.17. The van der Waals surface area contributed by atoms with E-state index in [1.807, 2.05) is 11.3 Å². The van der Waals surface area contributed by atoms with Gasteiger partial charge in [-0.3, -0.25) is 0 Å². The number of thiophene rings is 1. The van der Waals surface area contributed by atoms with Crippen molar-refractivity contribution in [2.24, 2.45) is 5.92 Å². The summed E-state index contributed by atoms with van der Waals surface area (Å²) in [6, 6.07) is 2.26. The minimum absolute atomic E-state index is 0.881. The fourth-order valence-corrected chi connectivity index (χ4v) is 3.26. The van der Waals surface area contributed by atoms with Crippen LogP contribution in [0.25, 0.3) is 0 Å². The molecule has 1 fully saturated rings. The molecule has 2 nitrogen and oxygen atoms in total. The first-order valence-corrected chi connectivity index (χ1v) is 7.24. The van der Waals surface area contributed by atoms with Gasteiger partial charge in [0, 0.05) is 11.4 Å². The van der Waals surface area contributed by atoms with Crippen LogP contribution in [-0.2, 0) is 13.0 Å². The van der Waals surface area contributed by atoms with E-state index >= 15 is 0 Å². The summed E-state index contributed by atoms with van der Waals surface area (Å²) in [6.07, 6.45) is 3.82. The molecule has 1 aliphatic heterocycles. The summed E-state index contributed by atoms with van der Waals surface area (Å²) in [7, 11) is 0. The third-order valence-electron chi connectivity index (χ3n) is 3.40. The molecule has 0 bridgehead atoms. The van der Waals surface area contributed by atoms with Gasteiger partial charge < -0.3 is 10.6 Å². The summed E-state index contributed by atoms with van der Waals surface area (Å²) in [4.78, 5) is 1.52. The maximum absolute atomic E-state index is 3.61. The lowest BCUT2D eigenvalue weighted by Crippen LogP contribution is -2.33. The van der Waals surface area contributed by atoms with Crippen LogP contribution in [0.5, 0.6) is 0 Å². The maximum Gasteiger partial charge on any atom is 0.0302 e. The van der Waals surface area contributed by atoms with Crippen molar-refractivity contribution in [1.82, 2.24) is 10.6 Å². The second-order valence-electron chi connectivity index (χ2n) is 4.55. The van der Waals surface area contributed by atoms with Gasteiger partial charge in [-0.05, 0) is 61.8 Å². The van der Waals surface area contributed by atoms with Crippen LogP contribution >= 0.6 is 11.3 Å². The van der Waals surface area contributed by atoms with E-state index in [9.17, 15) is 0 Å². The fourth-order valence-electron chi connectivity index (χ4n) is 2.31. The Morgan fingerprint density at radius 2 is 2.25 bits per heavy atom. The highest BCUT2D eigenvalue weighted by molar-refractivity contribution is 7.10. The van der Waals surface area contributed by atoms with Crippen LogP contribution in [0.1, 0.15) is 30.2 Å². The van der Waals surface area contributed by atoms with Crippen LogP contribution in [0.3, 0.4) is 0 Å². The van der Waals surface area contributed by atoms with E-state index < -0.39 is 0 Å². The Balaban J connectivity index is 1.71. The van der Waals surface area contributed by atoms with Gasteiger partial charge in [-0.2, -0.15) is 0 Å². The van der Waals surface area contributed by atoms with Gasteiger partial charge in [0.1, 0.15) is 0 Å². The molecule has 90 valence electrons. The Hall–Kier alpha value is -0.380. The molecule has 16 heavy (non-hydrogen) atoms. The Labute approximate surface area is 102 Å². The van der Waals surface area contributed by atoms with E-state index in [0.717, 1.165) is 18.9 Å². The molecule has 2 rings (SSSR count). The zero-order valence-electron chi connectivity index (χ0n) is 10.1. The molecule has 0 saturated carbocycles. The fraction of sp³-hybridized carbons (Fsp3) is 0.692. The molecule has 1 aliphatic rings. The quantitative estimate of drug-likeness (QED) is 0.823. The van der Waals surface area contributed by atoms with E-state index in [-0.39, 0.29) is 0 Å². The lowest BCUT2D eigenvalue weighted by Gasteiger charge is -2.22. The van der Waals surface area contributed by atoms with Gasteiger partial charge in [0.25, 0.3) is 0 Å². The molecule has 0 amide bonds. The van der Waals surface area contributed by atoms with Crippen molar-refractivity contribution in [3.8, 4) is 0 Å². The highest BCUT2D eigenvalue weighted by Gasteiger charge is 2.12. The predicted octanol–water partition coefficient (Wildman–Crippen LogP) is 2.40. The monoisotopic (exact) mass is 238 g/mol. The van der Waals surface area contributed by atoms with E-state index in [1.54, 1.807) is 0 Å². The minimum atomic E-state index is 0.881. The number of nitrogens with one attached hydrogen (secondary N) is 2. The smallest absolute Gasteiger partial charge is 0.0302 e. The molecule has 0 unspecified atom stereocenters. The summed E-state index contributed by atoms with van der Waals surface area (Å²) in [6.45, 7) is 6.88. The van der Waals surface area contributed by atoms with Gasteiger partial charge in [0.15, 0.2) is 0 Å². The molecule has 1 aromatic heterocycles. The largest absolute Gasteiger partial charge is 0.317 e. The number of piperidine rings is 1. The second-order valence-corrected chi connectivity index (χ2v) is 5.55. The molecular weight excluding hydrogens is 216 g/mol. The molecule has 3 heteroatoms. The highest BCUT2D eigenvalue weighted by atomic mass is 32.1. The Bertz CT molecular complexity index is 303. The summed E-state index contributed by atoms with van der Waals surface area (Å²) >= 11 is 1.89. The van der Waals surface area contributed by atoms with Gasteiger partial charge in [0.2, 0.25) is 0 Å². The lowest BCUT2D eigenvalue weighted by molar-refractivity contribution is 0.356. The van der Waals surface area contributed by atoms with Gasteiger partial charge in [-0.25, -0.2) is 0 Å². The number of rotatable bonds is 5. The SMILES string of the molecule is CCc1ccsc1CNCC1CCNCC1. The van der Waals surface area contributed by atoms with Crippen molar-refractivity contribution in [1.29, 1.82) is 0 Å². The van der Waals surface area contributed by atoms with Gasteiger partial charge in [-0.15, -0.1) is 11.3 Å². The standard InChI is InChI=1S/C13H22N2S/c1-2-12-5-8-16-13(12)10-15-9-11-3-6-14-7-4-11/h5,8,11,14-15H,2-4,6-7,9-10H2,1H3. The number of aryl methyl sites for hydroxylation is 1. The third-order valence-corrected chi connectivity index (χ3v) is 4.36. The van der Waals surface area contributed by atoms with Crippen LogP contribution in [0.2, 0.25) is 0 Å². The van der Waals surface area contributed by atoms with Crippen molar-refractivity contribution in [3.05, 3.63) is 21.9 Å². The van der Waals surface area contributed by atoms with Gasteiger partial charge >= 0.3 is 0 Å². The minimum Gasteiger partial charge on any atom is -0.317 e. The third kappa shape index (κ3) is 3.30. The Morgan fingerprint density at radius 3 is 3.00 bits per heavy atom. The molecule has 0 aliphatic carbocycles. The van der Waals surface area contributed by atoms with Crippen LogP contribution in [0.15, 0.2) is 11.4 Å². The van der Waals surface area contributed by atoms with E-state index in [4.69, 9.17) is 0 Å². The van der Waals surface area contributed by atoms with E-state index in [0.29, 0.717) is 0 Å². The van der Waals surface area contributed by atoms with Crippen LogP contribution in [-0.4, -0.2) is 19.6 Å². The number of hydrogen-bond donors (Lipinski definition) is 2. The summed E-state index contributed by atoms with van der Waals surface area (Å²) < 4.78 is 0. The zero-order chi connectivity index (χ0) is 11.2. The van der Waals surface area contributed by atoms with E-state index in [1.165, 1.54) is 42.9 Å². The Morgan fingerprint density at radius 1 is 1.44 bits per heavy atom. The summed E-state index contributed by atoms with van der Waals surface area (Å²) in [5.74, 6) is 0.881. The summed E-state index contributed by atoms with van der Waals surface area (Å²) in [5, 5.41) is 9.23. The van der Waals surface area contributed by atoms with Crippen LogP contribution in [0.4, 0.5) is 0 Å². The van der Waals surface area contributed by atoms with Crippen molar-refractivity contribution < 1.29 is 0 Å². The maximum atomic E-state index is 3.61. The molecule has 1 saturated heterocycles. The Kier molecular flexibility index (Phi) is 4.82. The lowest BCUT2D eigenvalue weighted by atomic mass is 9.98. The zero-order valence-corrected chi connectivity index (χ0v) is 10.9. The summed E-state index contributed by atoms with van der Waals surface area (Å²) in [5.41, 5.74) is 1.52. The molecule has 0 aromatic carbocycles. The van der Waals surface area contributed by atoms with Gasteiger partial charge in [-0.1, -0.05) is 6.92 Å². The van der Waals surface area contributed by atoms with Gasteiger partial charge in [0.05, 0.1) is 0 Å². The normalized spacial score (nSPS) is 17.8. The first-order chi connectivity index (χ1) is 7.90. The first-order valence-electron chi connectivity index (χ1n) is 6.37. The van der Waals surface area contributed by atoms with Crippen molar-refractivity contribution in [2.75, 3.05) is 19.6 Å². The van der Waals surface area contributed by atoms with Crippen molar-refractivity contribution in [2.45, 2.75) is 32.7 Å². The number of hydrogen-bond acceptors (Lipinski definition) is 3. The molecule has 2 N–H and O–H groups in total. The predicted molar refractivity (Wildman–Crippen MR) is 71.0 cm³/mol.